The minimum Gasteiger partial charge on any atom is -0.318 e. The minimum atomic E-state index is 0.758. The van der Waals surface area contributed by atoms with Crippen LogP contribution in [0.5, 0.6) is 0 Å². The molecule has 1 fully saturated rings. The lowest BCUT2D eigenvalue weighted by Crippen LogP contribution is -2.33. The Hall–Kier alpha value is -0.340. The van der Waals surface area contributed by atoms with Crippen molar-refractivity contribution in [3.8, 4) is 0 Å². The summed E-state index contributed by atoms with van der Waals surface area (Å²) in [6.45, 7) is 6.02. The fraction of sp³-hybridized carbons (Fsp3) is 0.846. The van der Waals surface area contributed by atoms with Crippen molar-refractivity contribution in [3.05, 3.63) is 12.7 Å². The van der Waals surface area contributed by atoms with Crippen molar-refractivity contribution in [2.45, 2.75) is 44.6 Å². The summed E-state index contributed by atoms with van der Waals surface area (Å²) in [5.41, 5.74) is 0. The molecule has 2 N–H and O–H groups in total. The first-order valence-corrected chi connectivity index (χ1v) is 6.35. The maximum atomic E-state index is 3.84. The van der Waals surface area contributed by atoms with Crippen molar-refractivity contribution in [2.75, 3.05) is 20.1 Å². The standard InChI is InChI=1S/C13H26N2/c1-3-5-12-6-4-7-13(9-8-12)15-11-10-14-2/h3,12-15H,1,4-11H2,2H3. The summed E-state index contributed by atoms with van der Waals surface area (Å²) in [5, 5.41) is 6.81. The minimum absolute atomic E-state index is 0.758. The Morgan fingerprint density at radius 3 is 2.80 bits per heavy atom. The maximum Gasteiger partial charge on any atom is 0.00792 e. The monoisotopic (exact) mass is 210 g/mol. The van der Waals surface area contributed by atoms with E-state index in [1.54, 1.807) is 0 Å². The molecule has 2 unspecified atom stereocenters. The lowest BCUT2D eigenvalue weighted by atomic mass is 9.97. The molecule has 0 aromatic rings. The van der Waals surface area contributed by atoms with E-state index in [-0.39, 0.29) is 0 Å². The molecule has 0 aromatic carbocycles. The van der Waals surface area contributed by atoms with Crippen molar-refractivity contribution >= 4 is 0 Å². The van der Waals surface area contributed by atoms with Gasteiger partial charge in [0, 0.05) is 19.1 Å². The van der Waals surface area contributed by atoms with Gasteiger partial charge in [0.15, 0.2) is 0 Å². The van der Waals surface area contributed by atoms with Crippen LogP contribution in [0.25, 0.3) is 0 Å². The Labute approximate surface area is 94.5 Å². The van der Waals surface area contributed by atoms with Crippen LogP contribution in [-0.2, 0) is 0 Å². The number of rotatable bonds is 6. The lowest BCUT2D eigenvalue weighted by Gasteiger charge is -2.16. The molecular weight excluding hydrogens is 184 g/mol. The van der Waals surface area contributed by atoms with E-state index in [0.717, 1.165) is 25.0 Å². The molecule has 1 saturated carbocycles. The SMILES string of the molecule is C=CCC1CCCC(NCCNC)CC1. The summed E-state index contributed by atoms with van der Waals surface area (Å²) in [4.78, 5) is 0. The molecule has 2 atom stereocenters. The zero-order valence-electron chi connectivity index (χ0n) is 10.1. The predicted molar refractivity (Wildman–Crippen MR) is 67.1 cm³/mol. The van der Waals surface area contributed by atoms with Crippen molar-refractivity contribution in [3.63, 3.8) is 0 Å². The Morgan fingerprint density at radius 1 is 1.20 bits per heavy atom. The van der Waals surface area contributed by atoms with Crippen molar-refractivity contribution in [2.24, 2.45) is 5.92 Å². The van der Waals surface area contributed by atoms with Crippen molar-refractivity contribution < 1.29 is 0 Å². The van der Waals surface area contributed by atoms with E-state index in [9.17, 15) is 0 Å². The first kappa shape index (κ1) is 12.7. The summed E-state index contributed by atoms with van der Waals surface area (Å²) in [5.74, 6) is 0.901. The van der Waals surface area contributed by atoms with Crippen LogP contribution >= 0.6 is 0 Å². The summed E-state index contributed by atoms with van der Waals surface area (Å²) < 4.78 is 0. The summed E-state index contributed by atoms with van der Waals surface area (Å²) in [6.07, 6.45) is 10.2. The molecule has 1 aliphatic carbocycles. The largest absolute Gasteiger partial charge is 0.318 e. The van der Waals surface area contributed by atoms with Gasteiger partial charge >= 0.3 is 0 Å². The Kier molecular flexibility index (Phi) is 6.69. The first-order valence-electron chi connectivity index (χ1n) is 6.35. The van der Waals surface area contributed by atoms with Gasteiger partial charge in [-0.25, -0.2) is 0 Å². The lowest BCUT2D eigenvalue weighted by molar-refractivity contribution is 0.436. The number of likely N-dealkylation sites (N-methyl/N-ethyl adjacent to an activating group) is 1. The molecule has 0 heterocycles. The van der Waals surface area contributed by atoms with E-state index in [4.69, 9.17) is 0 Å². The molecule has 2 nitrogen and oxygen atoms in total. The van der Waals surface area contributed by atoms with E-state index in [1.807, 2.05) is 7.05 Å². The van der Waals surface area contributed by atoms with Crippen LogP contribution in [0.1, 0.15) is 38.5 Å². The summed E-state index contributed by atoms with van der Waals surface area (Å²) in [7, 11) is 2.01. The molecule has 0 aliphatic heterocycles. The van der Waals surface area contributed by atoms with Gasteiger partial charge in [0.25, 0.3) is 0 Å². The van der Waals surface area contributed by atoms with Crippen LogP contribution in [0.3, 0.4) is 0 Å². The van der Waals surface area contributed by atoms with E-state index in [1.165, 1.54) is 38.5 Å². The van der Waals surface area contributed by atoms with E-state index in [2.05, 4.69) is 23.3 Å². The highest BCUT2D eigenvalue weighted by molar-refractivity contribution is 4.79. The topological polar surface area (TPSA) is 24.1 Å². The zero-order chi connectivity index (χ0) is 10.9. The van der Waals surface area contributed by atoms with Gasteiger partial charge in [-0.05, 0) is 38.6 Å². The normalized spacial score (nSPS) is 27.3. The van der Waals surface area contributed by atoms with Crippen LogP contribution in [0, 0.1) is 5.92 Å². The van der Waals surface area contributed by atoms with E-state index < -0.39 is 0 Å². The smallest absolute Gasteiger partial charge is 0.00792 e. The Morgan fingerprint density at radius 2 is 2.07 bits per heavy atom. The molecule has 0 spiro atoms. The van der Waals surface area contributed by atoms with Gasteiger partial charge in [0.1, 0.15) is 0 Å². The number of allylic oxidation sites excluding steroid dienone is 1. The van der Waals surface area contributed by atoms with Gasteiger partial charge in [0.2, 0.25) is 0 Å². The van der Waals surface area contributed by atoms with Crippen molar-refractivity contribution in [1.82, 2.24) is 10.6 Å². The highest BCUT2D eigenvalue weighted by Crippen LogP contribution is 2.25. The third-order valence-corrected chi connectivity index (χ3v) is 3.40. The molecule has 0 saturated heterocycles. The van der Waals surface area contributed by atoms with Gasteiger partial charge < -0.3 is 10.6 Å². The van der Waals surface area contributed by atoms with E-state index >= 15 is 0 Å². The summed E-state index contributed by atoms with van der Waals surface area (Å²) >= 11 is 0. The third-order valence-electron chi connectivity index (χ3n) is 3.40. The highest BCUT2D eigenvalue weighted by Gasteiger charge is 2.17. The second kappa shape index (κ2) is 7.89. The van der Waals surface area contributed by atoms with Crippen LogP contribution < -0.4 is 10.6 Å². The average Bonchev–Trinajstić information content (AvgIpc) is 2.45. The summed E-state index contributed by atoms with van der Waals surface area (Å²) in [6, 6.07) is 0.758. The third kappa shape index (κ3) is 5.33. The highest BCUT2D eigenvalue weighted by atomic mass is 14.9. The first-order chi connectivity index (χ1) is 7.36. The fourth-order valence-electron chi connectivity index (χ4n) is 2.46. The average molecular weight is 210 g/mol. The number of nitrogens with one attached hydrogen (secondary N) is 2. The van der Waals surface area contributed by atoms with Gasteiger partial charge in [0.05, 0.1) is 0 Å². The van der Waals surface area contributed by atoms with Crippen molar-refractivity contribution in [1.29, 1.82) is 0 Å². The Bertz CT molecular complexity index is 168. The van der Waals surface area contributed by atoms with E-state index in [0.29, 0.717) is 0 Å². The molecule has 15 heavy (non-hydrogen) atoms. The molecule has 0 bridgehead atoms. The van der Waals surface area contributed by atoms with Gasteiger partial charge in [-0.1, -0.05) is 18.9 Å². The van der Waals surface area contributed by atoms with Crippen LogP contribution in [0.2, 0.25) is 0 Å². The quantitative estimate of drug-likeness (QED) is 0.399. The molecule has 2 heteroatoms. The van der Waals surface area contributed by atoms with Crippen LogP contribution in [0.15, 0.2) is 12.7 Å². The van der Waals surface area contributed by atoms with Gasteiger partial charge in [-0.15, -0.1) is 6.58 Å². The molecule has 88 valence electrons. The predicted octanol–water partition coefficient (Wildman–Crippen LogP) is 2.32. The maximum absolute atomic E-state index is 3.84. The second-order valence-electron chi connectivity index (χ2n) is 4.65. The molecule has 1 rings (SSSR count). The fourth-order valence-corrected chi connectivity index (χ4v) is 2.46. The zero-order valence-corrected chi connectivity index (χ0v) is 10.1. The molecule has 0 amide bonds. The van der Waals surface area contributed by atoms with Gasteiger partial charge in [-0.3, -0.25) is 0 Å². The van der Waals surface area contributed by atoms with Crippen LogP contribution in [-0.4, -0.2) is 26.2 Å². The van der Waals surface area contributed by atoms with Crippen LogP contribution in [0.4, 0.5) is 0 Å². The molecule has 0 radical (unpaired) electrons. The molecule has 0 aromatic heterocycles. The Balaban J connectivity index is 2.17. The second-order valence-corrected chi connectivity index (χ2v) is 4.65. The molecule has 1 aliphatic rings. The number of hydrogen-bond acceptors (Lipinski definition) is 2. The van der Waals surface area contributed by atoms with Gasteiger partial charge in [-0.2, -0.15) is 0 Å². The number of hydrogen-bond donors (Lipinski definition) is 2. The molecular formula is C13H26N2.